The minimum atomic E-state index is 0.327. The van der Waals surface area contributed by atoms with Crippen molar-refractivity contribution >= 4 is 34.6 Å². The summed E-state index contributed by atoms with van der Waals surface area (Å²) >= 11 is 12.1. The van der Waals surface area contributed by atoms with Crippen LogP contribution in [0.2, 0.25) is 5.02 Å². The average Bonchev–Trinajstić information content (AvgIpc) is 2.46. The molecule has 0 fully saturated rings. The van der Waals surface area contributed by atoms with Gasteiger partial charge in [0.25, 0.3) is 0 Å². The van der Waals surface area contributed by atoms with Crippen LogP contribution in [0.15, 0.2) is 42.5 Å². The van der Waals surface area contributed by atoms with E-state index < -0.39 is 0 Å². The Morgan fingerprint density at radius 1 is 1.11 bits per heavy atom. The fourth-order valence-corrected chi connectivity index (χ4v) is 2.57. The Labute approximate surface area is 122 Å². The zero-order valence-electron chi connectivity index (χ0n) is 10.4. The summed E-state index contributed by atoms with van der Waals surface area (Å²) in [6.45, 7) is 0. The highest BCUT2D eigenvalue weighted by Gasteiger charge is 2.13. The summed E-state index contributed by atoms with van der Waals surface area (Å²) in [6, 6.07) is 15.3. The molecule has 4 heteroatoms. The van der Waals surface area contributed by atoms with Crippen LogP contribution in [-0.4, -0.2) is 7.05 Å². The van der Waals surface area contributed by atoms with Gasteiger partial charge in [-0.3, -0.25) is 0 Å². The summed E-state index contributed by atoms with van der Waals surface area (Å²) in [4.78, 5) is 1.93. The smallest absolute Gasteiger partial charge is 0.101 e. The van der Waals surface area contributed by atoms with Crippen molar-refractivity contribution < 1.29 is 0 Å². The van der Waals surface area contributed by atoms with Crippen molar-refractivity contribution in [1.82, 2.24) is 0 Å². The molecule has 0 amide bonds. The molecule has 0 aliphatic heterocycles. The molecule has 0 aromatic heterocycles. The summed E-state index contributed by atoms with van der Waals surface area (Å²) in [5.41, 5.74) is 3.22. The Morgan fingerprint density at radius 3 is 2.47 bits per heavy atom. The van der Waals surface area contributed by atoms with Crippen LogP contribution < -0.4 is 4.90 Å². The van der Waals surface area contributed by atoms with Gasteiger partial charge in [-0.15, -0.1) is 11.6 Å². The maximum atomic E-state index is 9.17. The number of anilines is 2. The number of halogens is 2. The lowest BCUT2D eigenvalue weighted by molar-refractivity contribution is 1.17. The monoisotopic (exact) mass is 290 g/mol. The molecule has 0 radical (unpaired) electrons. The molecule has 0 saturated heterocycles. The Balaban J connectivity index is 2.54. The number of hydrogen-bond acceptors (Lipinski definition) is 2. The lowest BCUT2D eigenvalue weighted by Crippen LogP contribution is -2.13. The van der Waals surface area contributed by atoms with E-state index in [2.05, 4.69) is 6.07 Å². The second-order valence-corrected chi connectivity index (χ2v) is 4.73. The van der Waals surface area contributed by atoms with Gasteiger partial charge in [-0.2, -0.15) is 5.26 Å². The van der Waals surface area contributed by atoms with Crippen molar-refractivity contribution in [3.05, 3.63) is 58.6 Å². The summed E-state index contributed by atoms with van der Waals surface area (Å²) < 4.78 is 0. The maximum absolute atomic E-state index is 9.17. The second kappa shape index (κ2) is 5.97. The van der Waals surface area contributed by atoms with Crippen molar-refractivity contribution in [2.45, 2.75) is 5.88 Å². The predicted molar refractivity (Wildman–Crippen MR) is 80.2 cm³/mol. The molecule has 0 aliphatic rings. The molecule has 0 saturated carbocycles. The van der Waals surface area contributed by atoms with Crippen LogP contribution in [0.1, 0.15) is 11.1 Å². The molecule has 0 unspecified atom stereocenters. The van der Waals surface area contributed by atoms with Gasteiger partial charge in [0.05, 0.1) is 17.1 Å². The Morgan fingerprint density at radius 2 is 1.79 bits per heavy atom. The van der Waals surface area contributed by atoms with E-state index in [0.29, 0.717) is 16.5 Å². The number of alkyl halides is 1. The van der Waals surface area contributed by atoms with Gasteiger partial charge in [-0.05, 0) is 24.3 Å². The molecule has 2 nitrogen and oxygen atoms in total. The number of rotatable bonds is 3. The molecule has 0 aliphatic carbocycles. The highest BCUT2D eigenvalue weighted by atomic mass is 35.5. The number of nitriles is 1. The largest absolute Gasteiger partial charge is 0.343 e. The first-order chi connectivity index (χ1) is 9.19. The van der Waals surface area contributed by atoms with E-state index in [1.807, 2.05) is 48.3 Å². The van der Waals surface area contributed by atoms with Crippen molar-refractivity contribution in [3.8, 4) is 6.07 Å². The van der Waals surface area contributed by atoms with Gasteiger partial charge in [0.2, 0.25) is 0 Å². The highest BCUT2D eigenvalue weighted by Crippen LogP contribution is 2.33. The lowest BCUT2D eigenvalue weighted by atomic mass is 10.1. The molecule has 0 heterocycles. The van der Waals surface area contributed by atoms with Gasteiger partial charge >= 0.3 is 0 Å². The first-order valence-electron chi connectivity index (χ1n) is 5.75. The van der Waals surface area contributed by atoms with Crippen molar-refractivity contribution in [2.75, 3.05) is 11.9 Å². The molecule has 2 aromatic carbocycles. The van der Waals surface area contributed by atoms with Crippen molar-refractivity contribution in [1.29, 1.82) is 5.26 Å². The average molecular weight is 291 g/mol. The van der Waals surface area contributed by atoms with Crippen LogP contribution in [-0.2, 0) is 5.88 Å². The standard InChI is InChI=1S/C15H12Cl2N2/c1-19(14-7-3-2-5-11(14)10-18)15-8-4-6-13(17)12(15)9-16/h2-8H,9H2,1H3. The van der Waals surface area contributed by atoms with Gasteiger partial charge in [0.15, 0.2) is 0 Å². The molecule has 19 heavy (non-hydrogen) atoms. The minimum Gasteiger partial charge on any atom is -0.343 e. The van der Waals surface area contributed by atoms with Crippen LogP contribution >= 0.6 is 23.2 Å². The van der Waals surface area contributed by atoms with Crippen LogP contribution in [0, 0.1) is 11.3 Å². The Bertz CT molecular complexity index is 632. The van der Waals surface area contributed by atoms with Crippen LogP contribution in [0.5, 0.6) is 0 Å². The van der Waals surface area contributed by atoms with Crippen LogP contribution in [0.25, 0.3) is 0 Å². The third kappa shape index (κ3) is 2.68. The molecule has 2 rings (SSSR count). The van der Waals surface area contributed by atoms with E-state index in [1.165, 1.54) is 0 Å². The summed E-state index contributed by atoms with van der Waals surface area (Å²) in [6.07, 6.45) is 0. The maximum Gasteiger partial charge on any atom is 0.101 e. The number of benzene rings is 2. The zero-order valence-corrected chi connectivity index (χ0v) is 11.9. The third-order valence-electron chi connectivity index (χ3n) is 2.97. The van der Waals surface area contributed by atoms with Gasteiger partial charge in [0, 0.05) is 23.3 Å². The lowest BCUT2D eigenvalue weighted by Gasteiger charge is -2.23. The summed E-state index contributed by atoms with van der Waals surface area (Å²) in [5.74, 6) is 0.327. The normalized spacial score (nSPS) is 10.0. The van der Waals surface area contributed by atoms with Crippen LogP contribution in [0.3, 0.4) is 0 Å². The van der Waals surface area contributed by atoms with E-state index in [4.69, 9.17) is 28.5 Å². The topological polar surface area (TPSA) is 27.0 Å². The van der Waals surface area contributed by atoms with E-state index in [0.717, 1.165) is 16.9 Å². The fraction of sp³-hybridized carbons (Fsp3) is 0.133. The fourth-order valence-electron chi connectivity index (χ4n) is 1.98. The second-order valence-electron chi connectivity index (χ2n) is 4.06. The molecule has 0 spiro atoms. The number of hydrogen-bond donors (Lipinski definition) is 0. The quantitative estimate of drug-likeness (QED) is 0.765. The molecular weight excluding hydrogens is 279 g/mol. The molecule has 2 aromatic rings. The zero-order chi connectivity index (χ0) is 13.8. The predicted octanol–water partition coefficient (Wildman–Crippen LogP) is 4.72. The summed E-state index contributed by atoms with van der Waals surface area (Å²) in [5, 5.41) is 9.80. The first-order valence-corrected chi connectivity index (χ1v) is 6.66. The SMILES string of the molecule is CN(c1ccccc1C#N)c1cccc(Cl)c1CCl. The van der Waals surface area contributed by atoms with Crippen molar-refractivity contribution in [2.24, 2.45) is 0 Å². The van der Waals surface area contributed by atoms with Gasteiger partial charge in [-0.1, -0.05) is 29.8 Å². The van der Waals surface area contributed by atoms with E-state index in [-0.39, 0.29) is 0 Å². The Kier molecular flexibility index (Phi) is 4.31. The third-order valence-corrected chi connectivity index (χ3v) is 3.60. The first kappa shape index (κ1) is 13.7. The molecule has 96 valence electrons. The van der Waals surface area contributed by atoms with Crippen molar-refractivity contribution in [3.63, 3.8) is 0 Å². The van der Waals surface area contributed by atoms with Gasteiger partial charge in [-0.25, -0.2) is 0 Å². The summed E-state index contributed by atoms with van der Waals surface area (Å²) in [7, 11) is 1.90. The van der Waals surface area contributed by atoms with Gasteiger partial charge in [0.1, 0.15) is 6.07 Å². The highest BCUT2D eigenvalue weighted by molar-refractivity contribution is 6.32. The minimum absolute atomic E-state index is 0.327. The molecule has 0 N–H and O–H groups in total. The van der Waals surface area contributed by atoms with Gasteiger partial charge < -0.3 is 4.90 Å². The molecular formula is C15H12Cl2N2. The molecule has 0 atom stereocenters. The van der Waals surface area contributed by atoms with E-state index in [9.17, 15) is 0 Å². The number of nitrogens with zero attached hydrogens (tertiary/aromatic N) is 2. The van der Waals surface area contributed by atoms with E-state index in [1.54, 1.807) is 6.07 Å². The van der Waals surface area contributed by atoms with Crippen LogP contribution in [0.4, 0.5) is 11.4 Å². The molecule has 0 bridgehead atoms. The number of para-hydroxylation sites is 1. The Hall–Kier alpha value is -1.69. The van der Waals surface area contributed by atoms with E-state index >= 15 is 0 Å².